The average Bonchev–Trinajstić information content (AvgIpc) is 2.49. The van der Waals surface area contributed by atoms with Gasteiger partial charge in [-0.05, 0) is 25.0 Å². The first-order chi connectivity index (χ1) is 9.34. The largest absolute Gasteiger partial charge is 0.380 e. The first kappa shape index (κ1) is 13.2. The zero-order valence-electron chi connectivity index (χ0n) is 11.1. The molecule has 0 unspecified atom stereocenters. The van der Waals surface area contributed by atoms with E-state index in [1.54, 1.807) is 0 Å². The molecule has 1 aromatic rings. The number of rotatable bonds is 2. The van der Waals surface area contributed by atoms with Crippen LogP contribution in [0.15, 0.2) is 18.3 Å². The molecule has 2 aliphatic heterocycles. The molecule has 4 nitrogen and oxygen atoms in total. The molecule has 0 saturated carbocycles. The minimum atomic E-state index is 0.607. The van der Waals surface area contributed by atoms with Crippen molar-refractivity contribution in [2.75, 3.05) is 44.3 Å². The lowest BCUT2D eigenvalue weighted by Crippen LogP contribution is -2.52. The lowest BCUT2D eigenvalue weighted by atomic mass is 10.1. The average molecular weight is 282 g/mol. The molecule has 19 heavy (non-hydrogen) atoms. The maximum Gasteiger partial charge on any atom is 0.147 e. The maximum atomic E-state index is 6.20. The third kappa shape index (κ3) is 3.02. The molecular formula is C14H20ClN3O. The molecule has 2 saturated heterocycles. The van der Waals surface area contributed by atoms with Crippen LogP contribution >= 0.6 is 11.6 Å². The Labute approximate surface area is 119 Å². The van der Waals surface area contributed by atoms with Gasteiger partial charge in [0.25, 0.3) is 0 Å². The summed E-state index contributed by atoms with van der Waals surface area (Å²) in [5.74, 6) is 0.920. The lowest BCUT2D eigenvalue weighted by Gasteiger charge is -2.41. The highest BCUT2D eigenvalue weighted by molar-refractivity contribution is 6.32. The fraction of sp³-hybridized carbons (Fsp3) is 0.643. The smallest absolute Gasteiger partial charge is 0.147 e. The molecule has 3 heterocycles. The Kier molecular flexibility index (Phi) is 4.21. The summed E-state index contributed by atoms with van der Waals surface area (Å²) in [4.78, 5) is 9.22. The summed E-state index contributed by atoms with van der Waals surface area (Å²) in [5.41, 5.74) is 0. The van der Waals surface area contributed by atoms with E-state index in [1.165, 1.54) is 12.8 Å². The van der Waals surface area contributed by atoms with Crippen molar-refractivity contribution in [2.45, 2.75) is 18.9 Å². The Morgan fingerprint density at radius 3 is 2.79 bits per heavy atom. The zero-order valence-corrected chi connectivity index (χ0v) is 11.9. The quantitative estimate of drug-likeness (QED) is 0.829. The summed E-state index contributed by atoms with van der Waals surface area (Å²) in [6.07, 6.45) is 4.27. The molecule has 2 aliphatic rings. The SMILES string of the molecule is Clc1cccnc1N1CCN([C@@H]2CCCOC2)CC1. The molecule has 5 heteroatoms. The second-order valence-electron chi connectivity index (χ2n) is 5.20. The van der Waals surface area contributed by atoms with Crippen LogP contribution in [0.4, 0.5) is 5.82 Å². The minimum Gasteiger partial charge on any atom is -0.380 e. The number of hydrogen-bond acceptors (Lipinski definition) is 4. The monoisotopic (exact) mass is 281 g/mol. The van der Waals surface area contributed by atoms with Crippen molar-refractivity contribution in [2.24, 2.45) is 0 Å². The molecule has 1 atom stereocenters. The van der Waals surface area contributed by atoms with Crippen molar-refractivity contribution < 1.29 is 4.74 Å². The van der Waals surface area contributed by atoms with Gasteiger partial charge in [-0.25, -0.2) is 4.98 Å². The van der Waals surface area contributed by atoms with Gasteiger partial charge in [-0.2, -0.15) is 0 Å². The van der Waals surface area contributed by atoms with E-state index in [0.29, 0.717) is 6.04 Å². The van der Waals surface area contributed by atoms with Gasteiger partial charge in [0.1, 0.15) is 5.82 Å². The number of piperazine rings is 1. The van der Waals surface area contributed by atoms with Gasteiger partial charge in [0.05, 0.1) is 11.6 Å². The molecule has 3 rings (SSSR count). The van der Waals surface area contributed by atoms with Crippen LogP contribution in [-0.2, 0) is 4.74 Å². The number of aromatic nitrogens is 1. The summed E-state index contributed by atoms with van der Waals surface area (Å²) in [7, 11) is 0. The van der Waals surface area contributed by atoms with Crippen LogP contribution in [0.2, 0.25) is 5.02 Å². The summed E-state index contributed by atoms with van der Waals surface area (Å²) in [6, 6.07) is 4.39. The van der Waals surface area contributed by atoms with Gasteiger partial charge in [0.15, 0.2) is 0 Å². The number of pyridine rings is 1. The van der Waals surface area contributed by atoms with E-state index in [1.807, 2.05) is 18.3 Å². The second-order valence-corrected chi connectivity index (χ2v) is 5.61. The first-order valence-corrected chi connectivity index (χ1v) is 7.39. The van der Waals surface area contributed by atoms with E-state index < -0.39 is 0 Å². The van der Waals surface area contributed by atoms with E-state index in [2.05, 4.69) is 14.8 Å². The van der Waals surface area contributed by atoms with Gasteiger partial charge in [0, 0.05) is 45.0 Å². The summed E-state index contributed by atoms with van der Waals surface area (Å²) in [6.45, 7) is 5.95. The first-order valence-electron chi connectivity index (χ1n) is 7.02. The van der Waals surface area contributed by atoms with Gasteiger partial charge in [-0.3, -0.25) is 4.90 Å². The third-order valence-corrected chi connectivity index (χ3v) is 4.30. The molecule has 0 aromatic carbocycles. The topological polar surface area (TPSA) is 28.6 Å². The van der Waals surface area contributed by atoms with Crippen molar-refractivity contribution >= 4 is 17.4 Å². The normalized spacial score (nSPS) is 25.5. The summed E-state index contributed by atoms with van der Waals surface area (Å²) < 4.78 is 5.58. The van der Waals surface area contributed by atoms with E-state index in [-0.39, 0.29) is 0 Å². The van der Waals surface area contributed by atoms with Crippen LogP contribution in [0.1, 0.15) is 12.8 Å². The highest BCUT2D eigenvalue weighted by Gasteiger charge is 2.26. The summed E-state index contributed by atoms with van der Waals surface area (Å²) >= 11 is 6.20. The van der Waals surface area contributed by atoms with Gasteiger partial charge in [0.2, 0.25) is 0 Å². The Hall–Kier alpha value is -0.840. The minimum absolute atomic E-state index is 0.607. The number of hydrogen-bond donors (Lipinski definition) is 0. The van der Waals surface area contributed by atoms with E-state index in [0.717, 1.165) is 50.2 Å². The van der Waals surface area contributed by atoms with Crippen molar-refractivity contribution in [3.8, 4) is 0 Å². The van der Waals surface area contributed by atoms with Crippen molar-refractivity contribution in [3.63, 3.8) is 0 Å². The zero-order chi connectivity index (χ0) is 13.1. The van der Waals surface area contributed by atoms with Gasteiger partial charge in [-0.15, -0.1) is 0 Å². The summed E-state index contributed by atoms with van der Waals surface area (Å²) in [5, 5.41) is 0.747. The molecule has 1 aromatic heterocycles. The maximum absolute atomic E-state index is 6.20. The Balaban J connectivity index is 1.58. The van der Waals surface area contributed by atoms with Crippen molar-refractivity contribution in [1.29, 1.82) is 0 Å². The molecule has 0 amide bonds. The van der Waals surface area contributed by atoms with Crippen LogP contribution in [0.25, 0.3) is 0 Å². The molecule has 0 N–H and O–H groups in total. The highest BCUT2D eigenvalue weighted by atomic mass is 35.5. The molecule has 0 bridgehead atoms. The molecular weight excluding hydrogens is 262 g/mol. The van der Waals surface area contributed by atoms with Crippen LogP contribution in [0.3, 0.4) is 0 Å². The Bertz CT molecular complexity index is 415. The standard InChI is InChI=1S/C14H20ClN3O/c15-13-4-1-5-16-14(13)18-8-6-17(7-9-18)12-3-2-10-19-11-12/h1,4-5,12H,2-3,6-11H2/t12-/m1/s1. The number of nitrogens with zero attached hydrogens (tertiary/aromatic N) is 3. The number of ether oxygens (including phenoxy) is 1. The Morgan fingerprint density at radius 2 is 2.11 bits per heavy atom. The number of anilines is 1. The van der Waals surface area contributed by atoms with Crippen molar-refractivity contribution in [1.82, 2.24) is 9.88 Å². The fourth-order valence-electron chi connectivity index (χ4n) is 2.92. The van der Waals surface area contributed by atoms with E-state index in [4.69, 9.17) is 16.3 Å². The predicted molar refractivity (Wildman–Crippen MR) is 76.9 cm³/mol. The predicted octanol–water partition coefficient (Wildman–Crippen LogP) is 2.04. The van der Waals surface area contributed by atoms with Crippen LogP contribution < -0.4 is 4.90 Å². The second kappa shape index (κ2) is 6.07. The fourth-order valence-corrected chi connectivity index (χ4v) is 3.16. The molecule has 0 radical (unpaired) electrons. The van der Waals surface area contributed by atoms with Crippen LogP contribution in [-0.4, -0.2) is 55.3 Å². The molecule has 104 valence electrons. The highest BCUT2D eigenvalue weighted by Crippen LogP contribution is 2.24. The van der Waals surface area contributed by atoms with Crippen LogP contribution in [0, 0.1) is 0 Å². The number of halogens is 1. The Morgan fingerprint density at radius 1 is 1.26 bits per heavy atom. The third-order valence-electron chi connectivity index (χ3n) is 4.01. The lowest BCUT2D eigenvalue weighted by molar-refractivity contribution is 0.0158. The van der Waals surface area contributed by atoms with Crippen LogP contribution in [0.5, 0.6) is 0 Å². The van der Waals surface area contributed by atoms with E-state index >= 15 is 0 Å². The molecule has 0 aliphatic carbocycles. The van der Waals surface area contributed by atoms with Gasteiger partial charge in [-0.1, -0.05) is 11.6 Å². The molecule has 2 fully saturated rings. The molecule has 0 spiro atoms. The van der Waals surface area contributed by atoms with Gasteiger partial charge >= 0.3 is 0 Å². The van der Waals surface area contributed by atoms with E-state index in [9.17, 15) is 0 Å². The van der Waals surface area contributed by atoms with Gasteiger partial charge < -0.3 is 9.64 Å². The van der Waals surface area contributed by atoms with Crippen molar-refractivity contribution in [3.05, 3.63) is 23.4 Å².